The van der Waals surface area contributed by atoms with Crippen molar-refractivity contribution in [3.63, 3.8) is 0 Å². The first-order valence-corrected chi connectivity index (χ1v) is 11.3. The van der Waals surface area contributed by atoms with E-state index in [9.17, 15) is 25.9 Å². The highest BCUT2D eigenvalue weighted by molar-refractivity contribution is 7.86. The van der Waals surface area contributed by atoms with Crippen molar-refractivity contribution in [2.45, 2.75) is 15.6 Å². The van der Waals surface area contributed by atoms with E-state index in [1.807, 2.05) is 0 Å². The van der Waals surface area contributed by atoms with Gasteiger partial charge in [-0.05, 0) is 17.2 Å². The van der Waals surface area contributed by atoms with E-state index in [1.54, 1.807) is 0 Å². The standard InChI is InChI=1S/C17H18N6O6S2/c18-15-21-16(19)23-17(20,22-15)12-6-3-5-11(14(12)31(27,28)29)9-8-10-4-1-2-7-13(10)30(24,25)26/h1-9H,20H2,(H,24,25,26)(H,27,28,29)(H5,18,19,21,22,23)/b9-8+. The van der Waals surface area contributed by atoms with Crippen molar-refractivity contribution in [1.82, 2.24) is 5.32 Å². The Hall–Kier alpha value is -3.30. The Morgan fingerprint density at radius 1 is 0.903 bits per heavy atom. The zero-order valence-corrected chi connectivity index (χ0v) is 17.3. The molecule has 9 N–H and O–H groups in total. The summed E-state index contributed by atoms with van der Waals surface area (Å²) in [6.45, 7) is 0. The molecule has 2 aromatic carbocycles. The predicted octanol–water partition coefficient (Wildman–Crippen LogP) is -0.348. The molecule has 2 aromatic rings. The van der Waals surface area contributed by atoms with Crippen molar-refractivity contribution in [2.24, 2.45) is 27.2 Å². The van der Waals surface area contributed by atoms with Gasteiger partial charge in [0.15, 0.2) is 5.96 Å². The molecule has 1 aliphatic rings. The molecule has 0 fully saturated rings. The van der Waals surface area contributed by atoms with Crippen LogP contribution < -0.4 is 22.5 Å². The monoisotopic (exact) mass is 466 g/mol. The van der Waals surface area contributed by atoms with E-state index in [0.717, 1.165) is 0 Å². The van der Waals surface area contributed by atoms with Gasteiger partial charge in [-0.3, -0.25) is 14.8 Å². The largest absolute Gasteiger partial charge is 0.369 e. The molecule has 0 aliphatic carbocycles. The summed E-state index contributed by atoms with van der Waals surface area (Å²) in [5, 5.41) is 2.51. The second-order valence-electron chi connectivity index (χ2n) is 6.40. The van der Waals surface area contributed by atoms with Gasteiger partial charge in [0.2, 0.25) is 11.7 Å². The van der Waals surface area contributed by atoms with Crippen molar-refractivity contribution in [2.75, 3.05) is 0 Å². The molecule has 14 heteroatoms. The zero-order chi connectivity index (χ0) is 23.0. The van der Waals surface area contributed by atoms with Crippen molar-refractivity contribution < 1.29 is 25.9 Å². The fourth-order valence-electron chi connectivity index (χ4n) is 3.01. The summed E-state index contributed by atoms with van der Waals surface area (Å²) >= 11 is 0. The summed E-state index contributed by atoms with van der Waals surface area (Å²) in [6, 6.07) is 9.56. The molecule has 1 atom stereocenters. The molecule has 31 heavy (non-hydrogen) atoms. The zero-order valence-electron chi connectivity index (χ0n) is 15.7. The minimum Gasteiger partial charge on any atom is -0.369 e. The number of hydrogen-bond donors (Lipinski definition) is 6. The van der Waals surface area contributed by atoms with E-state index in [4.69, 9.17) is 17.2 Å². The Morgan fingerprint density at radius 3 is 2.13 bits per heavy atom. The highest BCUT2D eigenvalue weighted by Crippen LogP contribution is 2.31. The molecule has 3 rings (SSSR count). The van der Waals surface area contributed by atoms with E-state index in [2.05, 4.69) is 15.3 Å². The van der Waals surface area contributed by atoms with Crippen molar-refractivity contribution >= 4 is 44.3 Å². The molecular formula is C17H18N6O6S2. The summed E-state index contributed by atoms with van der Waals surface area (Å²) in [6.07, 6.45) is 2.48. The first-order valence-electron chi connectivity index (χ1n) is 8.43. The van der Waals surface area contributed by atoms with Crippen LogP contribution in [0.15, 0.2) is 62.2 Å². The average molecular weight is 467 g/mol. The van der Waals surface area contributed by atoms with Crippen LogP contribution in [0.25, 0.3) is 12.2 Å². The SMILES string of the molecule is NC1=NC(N)(c2cccc(/C=C/c3ccccc3S(=O)(=O)O)c2S(=O)(=O)O)NC(N)=N1. The Bertz CT molecular complexity index is 1350. The van der Waals surface area contributed by atoms with Gasteiger partial charge in [-0.25, -0.2) is 4.99 Å². The number of nitrogens with zero attached hydrogens (tertiary/aromatic N) is 2. The molecule has 0 saturated heterocycles. The molecule has 1 heterocycles. The highest BCUT2D eigenvalue weighted by atomic mass is 32.2. The third-order valence-corrected chi connectivity index (χ3v) is 6.10. The number of aliphatic imine (C=N–C) groups is 2. The lowest BCUT2D eigenvalue weighted by Gasteiger charge is -2.31. The Kier molecular flexibility index (Phi) is 5.60. The molecule has 0 bridgehead atoms. The van der Waals surface area contributed by atoms with E-state index in [-0.39, 0.29) is 33.5 Å². The fourth-order valence-corrected chi connectivity index (χ4v) is 4.63. The molecular weight excluding hydrogens is 448 g/mol. The van der Waals surface area contributed by atoms with Crippen molar-refractivity contribution in [1.29, 1.82) is 0 Å². The van der Waals surface area contributed by atoms with Crippen LogP contribution in [0.3, 0.4) is 0 Å². The van der Waals surface area contributed by atoms with Crippen LogP contribution in [0, 0.1) is 0 Å². The van der Waals surface area contributed by atoms with Crippen LogP contribution in [-0.2, 0) is 26.0 Å². The Morgan fingerprint density at radius 2 is 1.52 bits per heavy atom. The number of nitrogens with two attached hydrogens (primary N) is 3. The first-order chi connectivity index (χ1) is 14.3. The van der Waals surface area contributed by atoms with Gasteiger partial charge in [-0.1, -0.05) is 48.6 Å². The number of hydrogen-bond acceptors (Lipinski definition) is 10. The molecule has 164 valence electrons. The van der Waals surface area contributed by atoms with Crippen LogP contribution in [0.2, 0.25) is 0 Å². The average Bonchev–Trinajstić information content (AvgIpc) is 2.63. The minimum atomic E-state index is -4.86. The molecule has 0 spiro atoms. The second-order valence-corrected chi connectivity index (χ2v) is 9.15. The van der Waals surface area contributed by atoms with Gasteiger partial charge in [0, 0.05) is 5.56 Å². The van der Waals surface area contributed by atoms with Gasteiger partial charge in [-0.2, -0.15) is 21.8 Å². The van der Waals surface area contributed by atoms with E-state index >= 15 is 0 Å². The van der Waals surface area contributed by atoms with Crippen LogP contribution >= 0.6 is 0 Å². The summed E-state index contributed by atoms with van der Waals surface area (Å²) < 4.78 is 66.8. The maximum Gasteiger partial charge on any atom is 0.295 e. The van der Waals surface area contributed by atoms with Gasteiger partial charge in [-0.15, -0.1) is 0 Å². The third-order valence-electron chi connectivity index (χ3n) is 4.20. The fraction of sp³-hybridized carbons (Fsp3) is 0.0588. The maximum absolute atomic E-state index is 12.2. The smallest absolute Gasteiger partial charge is 0.295 e. The van der Waals surface area contributed by atoms with Gasteiger partial charge in [0.05, 0.1) is 0 Å². The Balaban J connectivity index is 2.20. The van der Waals surface area contributed by atoms with Crippen LogP contribution in [0.4, 0.5) is 0 Å². The topological polar surface area (TPSA) is 224 Å². The molecule has 0 radical (unpaired) electrons. The Labute approximate surface area is 177 Å². The third kappa shape index (κ3) is 4.73. The van der Waals surface area contributed by atoms with Gasteiger partial charge in [0.1, 0.15) is 9.79 Å². The number of nitrogens with one attached hydrogen (secondary N) is 1. The predicted molar refractivity (Wildman–Crippen MR) is 114 cm³/mol. The van der Waals surface area contributed by atoms with Gasteiger partial charge < -0.3 is 16.8 Å². The van der Waals surface area contributed by atoms with Crippen molar-refractivity contribution in [3.05, 3.63) is 59.2 Å². The van der Waals surface area contributed by atoms with Gasteiger partial charge >= 0.3 is 0 Å². The molecule has 1 unspecified atom stereocenters. The van der Waals surface area contributed by atoms with Crippen molar-refractivity contribution in [3.8, 4) is 0 Å². The molecule has 0 amide bonds. The minimum absolute atomic E-state index is 0.0494. The number of benzene rings is 2. The maximum atomic E-state index is 12.2. The van der Waals surface area contributed by atoms with Crippen LogP contribution in [0.5, 0.6) is 0 Å². The van der Waals surface area contributed by atoms with Crippen LogP contribution in [-0.4, -0.2) is 37.9 Å². The highest BCUT2D eigenvalue weighted by Gasteiger charge is 2.36. The van der Waals surface area contributed by atoms with Gasteiger partial charge in [0.25, 0.3) is 20.2 Å². The number of rotatable bonds is 5. The van der Waals surface area contributed by atoms with E-state index in [1.165, 1.54) is 54.6 Å². The lowest BCUT2D eigenvalue weighted by molar-refractivity contribution is 0.408. The second kappa shape index (κ2) is 7.75. The first kappa shape index (κ1) is 22.4. The van der Waals surface area contributed by atoms with E-state index < -0.39 is 30.9 Å². The summed E-state index contributed by atoms with van der Waals surface area (Å²) in [7, 11) is -9.39. The lowest BCUT2D eigenvalue weighted by Crippen LogP contribution is -2.58. The van der Waals surface area contributed by atoms with Crippen LogP contribution in [0.1, 0.15) is 16.7 Å². The number of guanidine groups is 2. The molecule has 1 aliphatic heterocycles. The summed E-state index contributed by atoms with van der Waals surface area (Å²) in [5.74, 6) is -2.50. The molecule has 0 aromatic heterocycles. The van der Waals surface area contributed by atoms with E-state index in [0.29, 0.717) is 0 Å². The lowest BCUT2D eigenvalue weighted by atomic mass is 10.0. The summed E-state index contributed by atoms with van der Waals surface area (Å²) in [4.78, 5) is 6.55. The molecule has 12 nitrogen and oxygen atoms in total. The summed E-state index contributed by atoms with van der Waals surface area (Å²) in [5.41, 5.74) is 17.2. The normalized spacial score (nSPS) is 19.6. The molecule has 0 saturated carbocycles. The quantitative estimate of drug-likeness (QED) is 0.248.